The first-order valence-corrected chi connectivity index (χ1v) is 8.49. The molecule has 3 aromatic rings. The largest absolute Gasteiger partial charge is 0.306 e. The lowest BCUT2D eigenvalue weighted by Gasteiger charge is -2.09. The molecule has 0 bridgehead atoms. The first kappa shape index (κ1) is 17.1. The lowest BCUT2D eigenvalue weighted by Crippen LogP contribution is -2.19. The van der Waals surface area contributed by atoms with Gasteiger partial charge in [0.2, 0.25) is 5.95 Å². The molecular formula is C17H16BrN5O2. The Morgan fingerprint density at radius 1 is 1.28 bits per heavy atom. The molecule has 0 aliphatic heterocycles. The number of H-pyrrole nitrogens is 1. The third kappa shape index (κ3) is 3.85. The SMILES string of the molecule is CCc1cc(=O)[nH]c(-n2nc(C)cc2NC(=O)c2ccc(Br)cc2)n1. The summed E-state index contributed by atoms with van der Waals surface area (Å²) in [6, 6.07) is 10.2. The van der Waals surface area contributed by atoms with Gasteiger partial charge < -0.3 is 5.32 Å². The van der Waals surface area contributed by atoms with Crippen molar-refractivity contribution in [3.8, 4) is 5.95 Å². The minimum Gasteiger partial charge on any atom is -0.306 e. The number of anilines is 1. The fourth-order valence-corrected chi connectivity index (χ4v) is 2.58. The van der Waals surface area contributed by atoms with Gasteiger partial charge in [-0.15, -0.1) is 0 Å². The van der Waals surface area contributed by atoms with Crippen molar-refractivity contribution in [1.29, 1.82) is 0 Å². The molecule has 0 saturated carbocycles. The summed E-state index contributed by atoms with van der Waals surface area (Å²) >= 11 is 3.34. The van der Waals surface area contributed by atoms with E-state index < -0.39 is 0 Å². The van der Waals surface area contributed by atoms with Crippen molar-refractivity contribution >= 4 is 27.7 Å². The molecule has 2 N–H and O–H groups in total. The predicted octanol–water partition coefficient (Wildman–Crippen LogP) is 2.84. The number of hydrogen-bond donors (Lipinski definition) is 2. The lowest BCUT2D eigenvalue weighted by atomic mass is 10.2. The van der Waals surface area contributed by atoms with Crippen LogP contribution in [0.4, 0.5) is 5.82 Å². The second-order valence-corrected chi connectivity index (χ2v) is 6.37. The monoisotopic (exact) mass is 401 g/mol. The van der Waals surface area contributed by atoms with Gasteiger partial charge in [-0.05, 0) is 37.6 Å². The number of rotatable bonds is 4. The standard InChI is InChI=1S/C17H16BrN5O2/c1-3-13-9-15(24)21-17(19-13)23-14(8-10(2)22-23)20-16(25)11-4-6-12(18)7-5-11/h4-9H,3H2,1-2H3,(H,20,25)(H,19,21,24). The van der Waals surface area contributed by atoms with Crippen LogP contribution in [0.3, 0.4) is 0 Å². The first-order chi connectivity index (χ1) is 12.0. The summed E-state index contributed by atoms with van der Waals surface area (Å²) in [7, 11) is 0. The maximum atomic E-state index is 12.4. The Hall–Kier alpha value is -2.74. The number of nitrogens with one attached hydrogen (secondary N) is 2. The highest BCUT2D eigenvalue weighted by Gasteiger charge is 2.14. The highest BCUT2D eigenvalue weighted by Crippen LogP contribution is 2.16. The van der Waals surface area contributed by atoms with E-state index in [1.165, 1.54) is 10.7 Å². The molecule has 128 valence electrons. The quantitative estimate of drug-likeness (QED) is 0.702. The van der Waals surface area contributed by atoms with Gasteiger partial charge in [-0.25, -0.2) is 4.98 Å². The molecule has 1 amide bonds. The number of halogens is 1. The molecule has 1 aromatic carbocycles. The van der Waals surface area contributed by atoms with E-state index in [0.717, 1.165) is 4.47 Å². The number of aryl methyl sites for hydroxylation is 2. The van der Waals surface area contributed by atoms with Crippen LogP contribution in [0.15, 0.2) is 45.7 Å². The summed E-state index contributed by atoms with van der Waals surface area (Å²) in [6.07, 6.45) is 0.623. The second kappa shape index (κ2) is 7.02. The van der Waals surface area contributed by atoms with Crippen molar-refractivity contribution in [2.24, 2.45) is 0 Å². The summed E-state index contributed by atoms with van der Waals surface area (Å²) < 4.78 is 2.32. The van der Waals surface area contributed by atoms with E-state index in [1.807, 2.05) is 6.92 Å². The normalized spacial score (nSPS) is 10.7. The minimum atomic E-state index is -0.275. The Morgan fingerprint density at radius 2 is 2.00 bits per heavy atom. The number of hydrogen-bond acceptors (Lipinski definition) is 4. The zero-order valence-corrected chi connectivity index (χ0v) is 15.3. The number of aromatic amines is 1. The van der Waals surface area contributed by atoms with Crippen LogP contribution in [0, 0.1) is 6.92 Å². The van der Waals surface area contributed by atoms with Crippen LogP contribution in [0.5, 0.6) is 0 Å². The van der Waals surface area contributed by atoms with E-state index in [1.54, 1.807) is 37.3 Å². The summed E-state index contributed by atoms with van der Waals surface area (Å²) in [5.41, 5.74) is 1.59. The van der Waals surface area contributed by atoms with Gasteiger partial charge >= 0.3 is 0 Å². The molecule has 7 nitrogen and oxygen atoms in total. The zero-order chi connectivity index (χ0) is 18.0. The van der Waals surface area contributed by atoms with Gasteiger partial charge in [0, 0.05) is 27.9 Å². The van der Waals surface area contributed by atoms with Gasteiger partial charge in [-0.2, -0.15) is 9.78 Å². The molecule has 3 rings (SSSR count). The Balaban J connectivity index is 1.96. The fraction of sp³-hybridized carbons (Fsp3) is 0.176. The van der Waals surface area contributed by atoms with Crippen LogP contribution in [0.25, 0.3) is 5.95 Å². The molecule has 8 heteroatoms. The maximum absolute atomic E-state index is 12.4. The Labute approximate surface area is 152 Å². The molecule has 0 saturated heterocycles. The zero-order valence-electron chi connectivity index (χ0n) is 13.7. The minimum absolute atomic E-state index is 0.264. The summed E-state index contributed by atoms with van der Waals surface area (Å²) in [6.45, 7) is 3.71. The van der Waals surface area contributed by atoms with E-state index in [-0.39, 0.29) is 17.4 Å². The van der Waals surface area contributed by atoms with Crippen molar-refractivity contribution in [2.75, 3.05) is 5.32 Å². The van der Waals surface area contributed by atoms with Gasteiger partial charge in [-0.1, -0.05) is 22.9 Å². The Kier molecular flexibility index (Phi) is 4.80. The summed E-state index contributed by atoms with van der Waals surface area (Å²) in [5, 5.41) is 7.13. The molecule has 0 aliphatic rings. The summed E-state index contributed by atoms with van der Waals surface area (Å²) in [5.74, 6) is 0.424. The number of nitrogens with zero attached hydrogens (tertiary/aromatic N) is 3. The van der Waals surface area contributed by atoms with Crippen LogP contribution < -0.4 is 10.9 Å². The number of benzene rings is 1. The van der Waals surface area contributed by atoms with E-state index in [4.69, 9.17) is 0 Å². The molecule has 0 radical (unpaired) electrons. The van der Waals surface area contributed by atoms with Gasteiger partial charge in [0.1, 0.15) is 5.82 Å². The Bertz CT molecular complexity index is 975. The van der Waals surface area contributed by atoms with Crippen LogP contribution in [0.2, 0.25) is 0 Å². The molecule has 0 fully saturated rings. The van der Waals surface area contributed by atoms with Crippen molar-refractivity contribution in [2.45, 2.75) is 20.3 Å². The molecule has 2 aromatic heterocycles. The molecule has 0 atom stereocenters. The number of carbonyl (C=O) groups is 1. The van der Waals surface area contributed by atoms with Gasteiger partial charge in [-0.3, -0.25) is 14.6 Å². The molecular weight excluding hydrogens is 386 g/mol. The third-order valence-corrected chi connectivity index (χ3v) is 4.05. The number of aromatic nitrogens is 4. The predicted molar refractivity (Wildman–Crippen MR) is 98.2 cm³/mol. The van der Waals surface area contributed by atoms with Crippen molar-refractivity contribution in [3.63, 3.8) is 0 Å². The lowest BCUT2D eigenvalue weighted by molar-refractivity contribution is 0.102. The average molecular weight is 402 g/mol. The van der Waals surface area contributed by atoms with Gasteiger partial charge in [0.15, 0.2) is 0 Å². The van der Waals surface area contributed by atoms with E-state index in [2.05, 4.69) is 36.3 Å². The van der Waals surface area contributed by atoms with Gasteiger partial charge in [0.05, 0.1) is 5.69 Å². The molecule has 0 spiro atoms. The number of amides is 1. The van der Waals surface area contributed by atoms with Gasteiger partial charge in [0.25, 0.3) is 11.5 Å². The third-order valence-electron chi connectivity index (χ3n) is 3.52. The van der Waals surface area contributed by atoms with E-state index in [0.29, 0.717) is 29.2 Å². The van der Waals surface area contributed by atoms with E-state index >= 15 is 0 Å². The van der Waals surface area contributed by atoms with Crippen LogP contribution in [-0.2, 0) is 6.42 Å². The van der Waals surface area contributed by atoms with Crippen molar-refractivity contribution in [3.05, 3.63) is 68.2 Å². The van der Waals surface area contributed by atoms with Crippen LogP contribution >= 0.6 is 15.9 Å². The topological polar surface area (TPSA) is 92.7 Å². The molecule has 0 unspecified atom stereocenters. The highest BCUT2D eigenvalue weighted by molar-refractivity contribution is 9.10. The molecule has 0 aliphatic carbocycles. The van der Waals surface area contributed by atoms with Crippen LogP contribution in [-0.4, -0.2) is 25.7 Å². The maximum Gasteiger partial charge on any atom is 0.256 e. The fourth-order valence-electron chi connectivity index (χ4n) is 2.31. The number of carbonyl (C=O) groups excluding carboxylic acids is 1. The Morgan fingerprint density at radius 3 is 2.68 bits per heavy atom. The molecule has 2 heterocycles. The van der Waals surface area contributed by atoms with Crippen molar-refractivity contribution < 1.29 is 4.79 Å². The first-order valence-electron chi connectivity index (χ1n) is 7.70. The van der Waals surface area contributed by atoms with Crippen LogP contribution in [0.1, 0.15) is 28.7 Å². The average Bonchev–Trinajstić information content (AvgIpc) is 2.95. The summed E-state index contributed by atoms with van der Waals surface area (Å²) in [4.78, 5) is 31.3. The smallest absolute Gasteiger partial charge is 0.256 e. The van der Waals surface area contributed by atoms with Crippen molar-refractivity contribution in [1.82, 2.24) is 19.7 Å². The highest BCUT2D eigenvalue weighted by atomic mass is 79.9. The molecule has 25 heavy (non-hydrogen) atoms. The van der Waals surface area contributed by atoms with E-state index in [9.17, 15) is 9.59 Å². The second-order valence-electron chi connectivity index (χ2n) is 5.46.